The standard InChI is InChI=1S/C20H11N5O3/c21-9-20(10-22)15-16(13-3-1-2-4-14(13)17(15)27)23-19(20)25-24-18(28)11-5-7-12(26)8-6-11/h1-8,26H,(H,23,25)(H,24,28). The number of hydrogen-bond acceptors (Lipinski definition) is 7. The van der Waals surface area contributed by atoms with Gasteiger partial charge in [-0.3, -0.25) is 20.4 Å². The Hall–Kier alpha value is -4.43. The first-order chi connectivity index (χ1) is 13.5. The van der Waals surface area contributed by atoms with Crippen LogP contribution in [0.15, 0.2) is 59.1 Å². The summed E-state index contributed by atoms with van der Waals surface area (Å²) < 4.78 is 0. The molecule has 8 nitrogen and oxygen atoms in total. The number of nitriles is 2. The lowest BCUT2D eigenvalue weighted by molar-refractivity contribution is 0.0943. The number of phenols is 1. The summed E-state index contributed by atoms with van der Waals surface area (Å²) in [6.45, 7) is 0. The summed E-state index contributed by atoms with van der Waals surface area (Å²) in [4.78, 5) is 29.3. The van der Waals surface area contributed by atoms with Crippen LogP contribution in [0.4, 0.5) is 0 Å². The van der Waals surface area contributed by atoms with Crippen LogP contribution in [0, 0.1) is 28.1 Å². The van der Waals surface area contributed by atoms with Gasteiger partial charge in [-0.1, -0.05) is 24.3 Å². The van der Waals surface area contributed by atoms with E-state index in [1.807, 2.05) is 12.1 Å². The molecule has 1 aliphatic carbocycles. The number of nitrogens with one attached hydrogen (secondary N) is 2. The molecule has 134 valence electrons. The summed E-state index contributed by atoms with van der Waals surface area (Å²) in [5, 5.41) is 28.7. The first-order valence-electron chi connectivity index (χ1n) is 8.17. The van der Waals surface area contributed by atoms with Crippen LogP contribution in [0.2, 0.25) is 0 Å². The summed E-state index contributed by atoms with van der Waals surface area (Å²) in [5.41, 5.74) is 4.35. The third-order valence-electron chi connectivity index (χ3n) is 4.60. The highest BCUT2D eigenvalue weighted by molar-refractivity contribution is 6.29. The van der Waals surface area contributed by atoms with Crippen LogP contribution in [0.1, 0.15) is 26.3 Å². The lowest BCUT2D eigenvalue weighted by atomic mass is 9.81. The van der Waals surface area contributed by atoms with Gasteiger partial charge in [-0.05, 0) is 24.3 Å². The minimum Gasteiger partial charge on any atom is -0.508 e. The van der Waals surface area contributed by atoms with Gasteiger partial charge >= 0.3 is 0 Å². The molecule has 1 amide bonds. The van der Waals surface area contributed by atoms with E-state index < -0.39 is 17.1 Å². The maximum Gasteiger partial charge on any atom is 0.269 e. The van der Waals surface area contributed by atoms with Crippen molar-refractivity contribution in [3.8, 4) is 17.9 Å². The molecule has 0 fully saturated rings. The van der Waals surface area contributed by atoms with Gasteiger partial charge in [0.1, 0.15) is 5.75 Å². The Labute approximate surface area is 159 Å². The molecule has 8 heteroatoms. The molecule has 28 heavy (non-hydrogen) atoms. The summed E-state index contributed by atoms with van der Waals surface area (Å²) in [6, 6.07) is 16.0. The quantitative estimate of drug-likeness (QED) is 0.654. The van der Waals surface area contributed by atoms with Gasteiger partial charge in [-0.15, -0.1) is 0 Å². The van der Waals surface area contributed by atoms with E-state index in [9.17, 15) is 25.2 Å². The van der Waals surface area contributed by atoms with Crippen LogP contribution in [-0.2, 0) is 0 Å². The van der Waals surface area contributed by atoms with Crippen molar-refractivity contribution in [2.24, 2.45) is 10.4 Å². The van der Waals surface area contributed by atoms with Crippen LogP contribution >= 0.6 is 0 Å². The SMILES string of the molecule is N#CC1(C#N)C(NNC(=O)c2ccc(O)cc2)=NC2=C1C(=O)c1ccccc12. The molecule has 0 spiro atoms. The molecule has 2 aromatic carbocycles. The fourth-order valence-electron chi connectivity index (χ4n) is 3.21. The summed E-state index contributed by atoms with van der Waals surface area (Å²) in [7, 11) is 0. The molecule has 0 bridgehead atoms. The maximum absolute atomic E-state index is 12.8. The molecule has 0 radical (unpaired) electrons. The van der Waals surface area contributed by atoms with Gasteiger partial charge in [-0.25, -0.2) is 4.99 Å². The highest BCUT2D eigenvalue weighted by Gasteiger charge is 2.54. The molecule has 2 aromatic rings. The fourth-order valence-corrected chi connectivity index (χ4v) is 3.21. The van der Waals surface area contributed by atoms with Gasteiger partial charge in [0.15, 0.2) is 11.6 Å². The molecule has 3 N–H and O–H groups in total. The first-order valence-corrected chi connectivity index (χ1v) is 8.17. The van der Waals surface area contributed by atoms with Crippen molar-refractivity contribution in [2.45, 2.75) is 0 Å². The zero-order valence-electron chi connectivity index (χ0n) is 14.2. The summed E-state index contributed by atoms with van der Waals surface area (Å²) >= 11 is 0. The number of aliphatic imine (C=N–C) groups is 1. The molecule has 0 saturated heterocycles. The Kier molecular flexibility index (Phi) is 3.69. The Balaban J connectivity index is 1.66. The van der Waals surface area contributed by atoms with E-state index in [2.05, 4.69) is 15.8 Å². The fraction of sp³-hybridized carbons (Fsp3) is 0.0500. The third-order valence-corrected chi connectivity index (χ3v) is 4.60. The normalized spacial score (nSPS) is 15.8. The minimum atomic E-state index is -1.95. The van der Waals surface area contributed by atoms with Crippen molar-refractivity contribution in [1.29, 1.82) is 10.5 Å². The van der Waals surface area contributed by atoms with Gasteiger partial charge in [0.25, 0.3) is 5.91 Å². The van der Waals surface area contributed by atoms with E-state index in [1.165, 1.54) is 24.3 Å². The highest BCUT2D eigenvalue weighted by atomic mass is 16.3. The smallest absolute Gasteiger partial charge is 0.269 e. The highest BCUT2D eigenvalue weighted by Crippen LogP contribution is 2.47. The van der Waals surface area contributed by atoms with E-state index in [0.717, 1.165) is 0 Å². The van der Waals surface area contributed by atoms with Gasteiger partial charge in [0.2, 0.25) is 5.41 Å². The van der Waals surface area contributed by atoms with Crippen molar-refractivity contribution in [1.82, 2.24) is 10.9 Å². The van der Waals surface area contributed by atoms with Crippen molar-refractivity contribution in [3.63, 3.8) is 0 Å². The second-order valence-electron chi connectivity index (χ2n) is 6.16. The van der Waals surface area contributed by atoms with Gasteiger partial charge in [0, 0.05) is 16.7 Å². The number of carbonyl (C=O) groups excluding carboxylic acids is 2. The van der Waals surface area contributed by atoms with E-state index in [0.29, 0.717) is 11.1 Å². The monoisotopic (exact) mass is 369 g/mol. The average Bonchev–Trinajstić information content (AvgIpc) is 3.20. The Bertz CT molecular complexity index is 1170. The zero-order valence-corrected chi connectivity index (χ0v) is 14.2. The number of hydrogen-bond donors (Lipinski definition) is 3. The van der Waals surface area contributed by atoms with E-state index in [4.69, 9.17) is 0 Å². The molecule has 0 saturated carbocycles. The van der Waals surface area contributed by atoms with Crippen molar-refractivity contribution in [3.05, 3.63) is 70.8 Å². The molecule has 2 aliphatic rings. The van der Waals surface area contributed by atoms with E-state index >= 15 is 0 Å². The molecule has 0 atom stereocenters. The minimum absolute atomic E-state index is 0.00968. The Morgan fingerprint density at radius 2 is 1.68 bits per heavy atom. The Morgan fingerprint density at radius 1 is 1.04 bits per heavy atom. The topological polar surface area (TPSA) is 138 Å². The van der Waals surface area contributed by atoms with Crippen molar-refractivity contribution in [2.75, 3.05) is 0 Å². The molecule has 4 rings (SSSR count). The summed E-state index contributed by atoms with van der Waals surface area (Å²) in [5.74, 6) is -1.13. The number of fused-ring (bicyclic) bond motifs is 2. The number of ketones is 1. The number of phenolic OH excluding ortho intramolecular Hbond substituents is 1. The average molecular weight is 369 g/mol. The number of benzene rings is 2. The lowest BCUT2D eigenvalue weighted by Crippen LogP contribution is -2.48. The number of rotatable bonds is 1. The predicted octanol–water partition coefficient (Wildman–Crippen LogP) is 1.68. The Morgan fingerprint density at radius 3 is 2.32 bits per heavy atom. The predicted molar refractivity (Wildman–Crippen MR) is 97.5 cm³/mol. The van der Waals surface area contributed by atoms with Gasteiger partial charge < -0.3 is 5.11 Å². The van der Waals surface area contributed by atoms with Crippen LogP contribution in [0.25, 0.3) is 5.70 Å². The van der Waals surface area contributed by atoms with Crippen molar-refractivity contribution < 1.29 is 14.7 Å². The molecule has 1 heterocycles. The third kappa shape index (κ3) is 2.26. The molecule has 0 unspecified atom stereocenters. The molecule has 1 aliphatic heterocycles. The number of aromatic hydroxyl groups is 1. The zero-order chi connectivity index (χ0) is 19.9. The largest absolute Gasteiger partial charge is 0.508 e. The number of hydrazine groups is 1. The van der Waals surface area contributed by atoms with E-state index in [-0.39, 0.29) is 28.4 Å². The second kappa shape index (κ2) is 6.08. The lowest BCUT2D eigenvalue weighted by Gasteiger charge is -2.19. The maximum atomic E-state index is 12.8. The summed E-state index contributed by atoms with van der Waals surface area (Å²) in [6.07, 6.45) is 0. The number of Topliss-reactive ketones (excluding diaryl/α,β-unsaturated/α-hetero) is 1. The van der Waals surface area contributed by atoms with Gasteiger partial charge in [-0.2, -0.15) is 10.5 Å². The van der Waals surface area contributed by atoms with E-state index in [1.54, 1.807) is 24.3 Å². The van der Waals surface area contributed by atoms with Crippen LogP contribution in [-0.4, -0.2) is 22.6 Å². The van der Waals surface area contributed by atoms with Crippen LogP contribution < -0.4 is 10.9 Å². The molecular weight excluding hydrogens is 358 g/mol. The van der Waals surface area contributed by atoms with Gasteiger partial charge in [0.05, 0.1) is 23.4 Å². The molecular formula is C20H11N5O3. The number of amides is 1. The molecule has 0 aromatic heterocycles. The number of carbonyl (C=O) groups is 2. The van der Waals surface area contributed by atoms with Crippen molar-refractivity contribution >= 4 is 23.2 Å². The first kappa shape index (κ1) is 17.0. The van der Waals surface area contributed by atoms with Crippen LogP contribution in [0.3, 0.4) is 0 Å². The second-order valence-corrected chi connectivity index (χ2v) is 6.16. The number of nitrogens with zero attached hydrogens (tertiary/aromatic N) is 3. The van der Waals surface area contributed by atoms with Crippen LogP contribution in [0.5, 0.6) is 5.75 Å². The number of amidine groups is 1.